The molecule has 0 heterocycles. The molecule has 140 valence electrons. The van der Waals surface area contributed by atoms with Gasteiger partial charge in [0.05, 0.1) is 13.7 Å². The van der Waals surface area contributed by atoms with Gasteiger partial charge in [-0.05, 0) is 26.0 Å². The molecule has 2 atom stereocenters. The maximum Gasteiger partial charge on any atom is 0.386 e. The summed E-state index contributed by atoms with van der Waals surface area (Å²) in [4.78, 5) is 11.5. The minimum absolute atomic E-state index is 0.0297. The van der Waals surface area contributed by atoms with Crippen molar-refractivity contribution in [3.63, 3.8) is 0 Å². The summed E-state index contributed by atoms with van der Waals surface area (Å²) >= 11 is 0. The van der Waals surface area contributed by atoms with E-state index in [0.717, 1.165) is 13.2 Å². The van der Waals surface area contributed by atoms with Crippen molar-refractivity contribution in [2.24, 2.45) is 0 Å². The Labute approximate surface area is 145 Å². The number of halogens is 2. The standard InChI is InChI=1S/C16H22F2NO5P/c1-12(11-20)9-10-16(17,18)25(22,19-13(2)15(21)23-3)24-14-7-5-4-6-8-14/h4-9,13,20H,10-11H2,1-3H3,(H,19,22)/b12-9+/t13-,25?/m0/s1. The van der Waals surface area contributed by atoms with Crippen LogP contribution < -0.4 is 9.61 Å². The molecule has 0 bridgehead atoms. The number of aliphatic hydroxyl groups excluding tert-OH is 1. The lowest BCUT2D eigenvalue weighted by Gasteiger charge is -2.29. The Morgan fingerprint density at radius 2 is 2.00 bits per heavy atom. The summed E-state index contributed by atoms with van der Waals surface area (Å²) in [7, 11) is -3.75. The number of carbonyl (C=O) groups is 1. The number of methoxy groups -OCH3 is 1. The molecule has 2 N–H and O–H groups in total. The molecule has 0 aliphatic heterocycles. The number of benzene rings is 1. The zero-order chi connectivity index (χ0) is 19.1. The first kappa shape index (κ1) is 21.3. The van der Waals surface area contributed by atoms with E-state index in [2.05, 4.69) is 9.82 Å². The van der Waals surface area contributed by atoms with Crippen molar-refractivity contribution in [1.82, 2.24) is 5.09 Å². The number of ether oxygens (including phenoxy) is 1. The SMILES string of the molecule is COC(=O)[C@H](C)NP(=O)(Oc1ccccc1)C(F)(F)C/C=C(\C)CO. The molecule has 0 spiro atoms. The van der Waals surface area contributed by atoms with Gasteiger partial charge in [0.25, 0.3) is 0 Å². The van der Waals surface area contributed by atoms with Crippen LogP contribution in [0.25, 0.3) is 0 Å². The number of allylic oxidation sites excluding steroid dienone is 1. The van der Waals surface area contributed by atoms with Gasteiger partial charge in [-0.15, -0.1) is 0 Å². The first-order valence-corrected chi connectivity index (χ1v) is 9.12. The largest absolute Gasteiger partial charge is 0.468 e. The molecule has 1 aromatic rings. The maximum atomic E-state index is 14.7. The third kappa shape index (κ3) is 5.92. The second-order valence-corrected chi connectivity index (χ2v) is 7.61. The van der Waals surface area contributed by atoms with Crippen LogP contribution in [0.5, 0.6) is 5.75 Å². The summed E-state index contributed by atoms with van der Waals surface area (Å²) < 4.78 is 51.8. The summed E-state index contributed by atoms with van der Waals surface area (Å²) in [6.07, 6.45) is 0.149. The van der Waals surface area contributed by atoms with E-state index < -0.39 is 38.2 Å². The van der Waals surface area contributed by atoms with Crippen molar-refractivity contribution >= 4 is 13.5 Å². The summed E-state index contributed by atoms with van der Waals surface area (Å²) in [5, 5.41) is 11.0. The van der Waals surface area contributed by atoms with Gasteiger partial charge in [0.15, 0.2) is 0 Å². The molecule has 0 aliphatic rings. The minimum atomic E-state index is -4.84. The number of rotatable bonds is 9. The second kappa shape index (κ2) is 9.08. The van der Waals surface area contributed by atoms with Crippen molar-refractivity contribution in [2.75, 3.05) is 13.7 Å². The Balaban J connectivity index is 3.16. The smallest absolute Gasteiger partial charge is 0.386 e. The first-order chi connectivity index (χ1) is 11.6. The molecule has 0 amide bonds. The van der Waals surface area contributed by atoms with Crippen LogP contribution in [0.1, 0.15) is 20.3 Å². The highest BCUT2D eigenvalue weighted by Gasteiger charge is 2.53. The molecule has 1 aromatic carbocycles. The van der Waals surface area contributed by atoms with E-state index in [-0.39, 0.29) is 5.75 Å². The zero-order valence-corrected chi connectivity index (χ0v) is 15.1. The Bertz CT molecular complexity index is 651. The molecule has 1 unspecified atom stereocenters. The fraction of sp³-hybridized carbons (Fsp3) is 0.438. The molecular weight excluding hydrogens is 355 g/mol. The van der Waals surface area contributed by atoms with Gasteiger partial charge in [0.2, 0.25) is 0 Å². The Morgan fingerprint density at radius 1 is 1.40 bits per heavy atom. The average molecular weight is 377 g/mol. The lowest BCUT2D eigenvalue weighted by molar-refractivity contribution is -0.142. The summed E-state index contributed by atoms with van der Waals surface area (Å²) in [5.41, 5.74) is -3.52. The summed E-state index contributed by atoms with van der Waals surface area (Å²) in [6.45, 7) is 2.31. The molecule has 0 radical (unpaired) electrons. The lowest BCUT2D eigenvalue weighted by atomic mass is 10.2. The van der Waals surface area contributed by atoms with Crippen LogP contribution in [0.15, 0.2) is 42.0 Å². The molecule has 0 saturated carbocycles. The van der Waals surface area contributed by atoms with E-state index in [4.69, 9.17) is 9.63 Å². The minimum Gasteiger partial charge on any atom is -0.468 e. The van der Waals surface area contributed by atoms with Crippen LogP contribution in [0.2, 0.25) is 0 Å². The van der Waals surface area contributed by atoms with E-state index in [1.807, 2.05) is 0 Å². The van der Waals surface area contributed by atoms with Gasteiger partial charge < -0.3 is 14.4 Å². The van der Waals surface area contributed by atoms with Crippen molar-refractivity contribution < 1.29 is 32.5 Å². The molecule has 0 fully saturated rings. The number of esters is 1. The quantitative estimate of drug-likeness (QED) is 0.390. The van der Waals surface area contributed by atoms with Crippen molar-refractivity contribution in [3.8, 4) is 5.75 Å². The van der Waals surface area contributed by atoms with Gasteiger partial charge >= 0.3 is 19.2 Å². The fourth-order valence-corrected chi connectivity index (χ4v) is 3.52. The number of hydrogen-bond acceptors (Lipinski definition) is 5. The van der Waals surface area contributed by atoms with Crippen molar-refractivity contribution in [3.05, 3.63) is 42.0 Å². The predicted molar refractivity (Wildman–Crippen MR) is 89.7 cm³/mol. The van der Waals surface area contributed by atoms with Gasteiger partial charge in [-0.25, -0.2) is 5.09 Å². The average Bonchev–Trinajstić information content (AvgIpc) is 2.59. The van der Waals surface area contributed by atoms with Crippen LogP contribution >= 0.6 is 7.52 Å². The number of alkyl halides is 2. The third-order valence-corrected chi connectivity index (χ3v) is 5.51. The van der Waals surface area contributed by atoms with E-state index in [1.54, 1.807) is 6.07 Å². The second-order valence-electron chi connectivity index (χ2n) is 5.41. The summed E-state index contributed by atoms with van der Waals surface area (Å²) in [6, 6.07) is 6.21. The highest BCUT2D eigenvalue weighted by atomic mass is 31.2. The monoisotopic (exact) mass is 377 g/mol. The molecule has 6 nitrogen and oxygen atoms in total. The van der Waals surface area contributed by atoms with E-state index >= 15 is 0 Å². The van der Waals surface area contributed by atoms with Crippen molar-refractivity contribution in [2.45, 2.75) is 32.0 Å². The van der Waals surface area contributed by atoms with E-state index in [0.29, 0.717) is 5.57 Å². The molecule has 9 heteroatoms. The van der Waals surface area contributed by atoms with Crippen molar-refractivity contribution in [1.29, 1.82) is 0 Å². The van der Waals surface area contributed by atoms with Crippen LogP contribution in [0.4, 0.5) is 8.78 Å². The van der Waals surface area contributed by atoms with Gasteiger partial charge in [-0.2, -0.15) is 8.78 Å². The summed E-state index contributed by atoms with van der Waals surface area (Å²) in [5.74, 6) is -0.882. The first-order valence-electron chi connectivity index (χ1n) is 7.50. The van der Waals surface area contributed by atoms with Gasteiger partial charge in [0, 0.05) is 6.42 Å². The highest BCUT2D eigenvalue weighted by Crippen LogP contribution is 2.59. The van der Waals surface area contributed by atoms with Crippen LogP contribution in [-0.4, -0.2) is 36.5 Å². The number of hydrogen-bond donors (Lipinski definition) is 2. The Kier molecular flexibility index (Phi) is 7.73. The Hall–Kier alpha value is -1.76. The van der Waals surface area contributed by atoms with Crippen LogP contribution in [0.3, 0.4) is 0 Å². The normalized spacial score (nSPS) is 16.0. The topological polar surface area (TPSA) is 84.9 Å². The van der Waals surface area contributed by atoms with Crippen LogP contribution in [-0.2, 0) is 14.1 Å². The molecule has 0 saturated heterocycles. The number of carbonyl (C=O) groups excluding carboxylic acids is 1. The number of nitrogens with one attached hydrogen (secondary N) is 1. The fourth-order valence-electron chi connectivity index (χ4n) is 1.78. The number of aliphatic hydroxyl groups is 1. The molecule has 1 rings (SSSR count). The van der Waals surface area contributed by atoms with Gasteiger partial charge in [-0.3, -0.25) is 9.36 Å². The molecule has 0 aliphatic carbocycles. The predicted octanol–water partition coefficient (Wildman–Crippen LogP) is 3.33. The zero-order valence-electron chi connectivity index (χ0n) is 14.2. The third-order valence-electron chi connectivity index (χ3n) is 3.27. The van der Waals surface area contributed by atoms with E-state index in [9.17, 15) is 18.1 Å². The molecule has 25 heavy (non-hydrogen) atoms. The van der Waals surface area contributed by atoms with E-state index in [1.165, 1.54) is 38.1 Å². The van der Waals surface area contributed by atoms with Crippen LogP contribution in [0, 0.1) is 0 Å². The molecular formula is C16H22F2NO5P. The van der Waals surface area contributed by atoms with Gasteiger partial charge in [-0.1, -0.05) is 29.8 Å². The molecule has 0 aromatic heterocycles. The van der Waals surface area contributed by atoms with Gasteiger partial charge in [0.1, 0.15) is 11.8 Å². The lowest BCUT2D eigenvalue weighted by Crippen LogP contribution is -2.39. The number of para-hydroxylation sites is 1. The maximum absolute atomic E-state index is 14.7. The Morgan fingerprint density at radius 3 is 2.52 bits per heavy atom. The highest BCUT2D eigenvalue weighted by molar-refractivity contribution is 7.58.